The van der Waals surface area contributed by atoms with Crippen molar-refractivity contribution in [2.45, 2.75) is 38.9 Å². The number of benzene rings is 2. The summed E-state index contributed by atoms with van der Waals surface area (Å²) in [6.07, 6.45) is -2.16. The monoisotopic (exact) mass is 529 g/mol. The largest absolute Gasteiger partial charge is 0.481 e. The van der Waals surface area contributed by atoms with E-state index < -0.39 is 17.7 Å². The smallest absolute Gasteiger partial charge is 0.416 e. The molecule has 1 atom stereocenters. The molecule has 1 heterocycles. The minimum absolute atomic E-state index is 0.0540. The average molecular weight is 530 g/mol. The fourth-order valence-corrected chi connectivity index (χ4v) is 3.75. The van der Waals surface area contributed by atoms with E-state index >= 15 is 0 Å². The zero-order valence-electron chi connectivity index (χ0n) is 21.1. The lowest BCUT2D eigenvalue weighted by Crippen LogP contribution is -2.29. The van der Waals surface area contributed by atoms with Crippen LogP contribution in [0.1, 0.15) is 42.6 Å². The van der Waals surface area contributed by atoms with Crippen LogP contribution >= 0.6 is 0 Å². The molecule has 1 amide bonds. The Morgan fingerprint density at radius 3 is 2.18 bits per heavy atom. The first kappa shape index (κ1) is 28.5. The van der Waals surface area contributed by atoms with Gasteiger partial charge in [0.05, 0.1) is 18.0 Å². The molecular weight excluding hydrogens is 499 g/mol. The summed E-state index contributed by atoms with van der Waals surface area (Å²) in [5.41, 5.74) is 1.82. The Kier molecular flexibility index (Phi) is 9.70. The van der Waals surface area contributed by atoms with Crippen LogP contribution in [0, 0.1) is 5.92 Å². The van der Waals surface area contributed by atoms with Crippen LogP contribution in [0.25, 0.3) is 11.1 Å². The van der Waals surface area contributed by atoms with E-state index in [1.54, 1.807) is 42.6 Å². The van der Waals surface area contributed by atoms with Crippen molar-refractivity contribution in [2.24, 2.45) is 5.92 Å². The lowest BCUT2D eigenvalue weighted by Gasteiger charge is -2.22. The van der Waals surface area contributed by atoms with E-state index in [1.165, 1.54) is 12.1 Å². The van der Waals surface area contributed by atoms with Crippen LogP contribution in [0.5, 0.6) is 5.88 Å². The topological polar surface area (TPSA) is 101 Å². The van der Waals surface area contributed by atoms with Crippen LogP contribution in [-0.4, -0.2) is 41.2 Å². The zero-order valence-corrected chi connectivity index (χ0v) is 21.1. The highest BCUT2D eigenvalue weighted by atomic mass is 19.4. The molecule has 202 valence electrons. The van der Waals surface area contributed by atoms with Crippen LogP contribution in [-0.2, 0) is 11.0 Å². The standard InChI is InChI=1S/C28H30F3N3O4/c1-18(2)15-24(34-23-10-5-20(6-11-23)27(37)32-14-13-26(35)36)17-38-25-12-7-21(16-33-25)19-3-8-22(9-4-19)28(29,30)31/h3-12,16,18,24,34H,13-15,17H2,1-2H3,(H,32,37)(H,35,36)/t24-/m0/s1. The number of carbonyl (C=O) groups excluding carboxylic acids is 1. The Morgan fingerprint density at radius 2 is 1.63 bits per heavy atom. The Morgan fingerprint density at radius 1 is 0.974 bits per heavy atom. The molecule has 3 N–H and O–H groups in total. The van der Waals surface area contributed by atoms with E-state index in [4.69, 9.17) is 9.84 Å². The van der Waals surface area contributed by atoms with E-state index in [9.17, 15) is 22.8 Å². The van der Waals surface area contributed by atoms with Crippen molar-refractivity contribution in [3.8, 4) is 17.0 Å². The Bertz CT molecular complexity index is 1200. The van der Waals surface area contributed by atoms with Gasteiger partial charge in [-0.25, -0.2) is 4.98 Å². The quantitative estimate of drug-likeness (QED) is 0.271. The summed E-state index contributed by atoms with van der Waals surface area (Å²) in [4.78, 5) is 27.0. The number of alkyl halides is 3. The third kappa shape index (κ3) is 8.79. The lowest BCUT2D eigenvalue weighted by atomic mass is 10.0. The summed E-state index contributed by atoms with van der Waals surface area (Å²) in [7, 11) is 0. The number of nitrogens with zero attached hydrogens (tertiary/aromatic N) is 1. The molecule has 0 bridgehead atoms. The van der Waals surface area contributed by atoms with Gasteiger partial charge in [-0.15, -0.1) is 0 Å². The Balaban J connectivity index is 1.57. The summed E-state index contributed by atoms with van der Waals surface area (Å²) in [5.74, 6) is -0.547. The summed E-state index contributed by atoms with van der Waals surface area (Å²) in [5, 5.41) is 14.7. The zero-order chi connectivity index (χ0) is 27.7. The minimum Gasteiger partial charge on any atom is -0.481 e. The molecule has 3 rings (SSSR count). The van der Waals surface area contributed by atoms with Crippen molar-refractivity contribution in [1.82, 2.24) is 10.3 Å². The van der Waals surface area contributed by atoms with Crippen LogP contribution < -0.4 is 15.4 Å². The maximum absolute atomic E-state index is 12.8. The average Bonchev–Trinajstić information content (AvgIpc) is 2.87. The van der Waals surface area contributed by atoms with E-state index in [-0.39, 0.29) is 24.9 Å². The predicted molar refractivity (Wildman–Crippen MR) is 138 cm³/mol. The highest BCUT2D eigenvalue weighted by molar-refractivity contribution is 5.94. The van der Waals surface area contributed by atoms with E-state index in [0.29, 0.717) is 35.1 Å². The van der Waals surface area contributed by atoms with Gasteiger partial charge in [-0.3, -0.25) is 9.59 Å². The number of carboxylic acids is 1. The highest BCUT2D eigenvalue weighted by Gasteiger charge is 2.30. The molecule has 38 heavy (non-hydrogen) atoms. The molecular formula is C28H30F3N3O4. The molecule has 7 nitrogen and oxygen atoms in total. The first-order valence-corrected chi connectivity index (χ1v) is 12.1. The number of amides is 1. The van der Waals surface area contributed by atoms with Gasteiger partial charge >= 0.3 is 12.1 Å². The Hall–Kier alpha value is -4.08. The number of carboxylic acid groups (broad SMARTS) is 1. The molecule has 0 radical (unpaired) electrons. The molecule has 0 spiro atoms. The molecule has 0 fully saturated rings. The van der Waals surface area contributed by atoms with Crippen molar-refractivity contribution < 1.29 is 32.6 Å². The number of ether oxygens (including phenoxy) is 1. The van der Waals surface area contributed by atoms with E-state index in [2.05, 4.69) is 29.5 Å². The van der Waals surface area contributed by atoms with Gasteiger partial charge < -0.3 is 20.5 Å². The second kappa shape index (κ2) is 12.9. The molecule has 0 aliphatic heterocycles. The SMILES string of the molecule is CC(C)C[C@@H](COc1ccc(-c2ccc(C(F)(F)F)cc2)cn1)Nc1ccc(C(=O)NCCC(=O)O)cc1. The fraction of sp³-hybridized carbons (Fsp3) is 0.321. The molecule has 0 saturated heterocycles. The summed E-state index contributed by atoms with van der Waals surface area (Å²) in [6.45, 7) is 4.57. The lowest BCUT2D eigenvalue weighted by molar-refractivity contribution is -0.138. The van der Waals surface area contributed by atoms with Gasteiger partial charge in [-0.05, 0) is 60.4 Å². The molecule has 0 unspecified atom stereocenters. The molecule has 0 saturated carbocycles. The normalized spacial score (nSPS) is 12.2. The van der Waals surface area contributed by atoms with Crippen molar-refractivity contribution in [1.29, 1.82) is 0 Å². The Labute approximate surface area is 219 Å². The van der Waals surface area contributed by atoms with Crippen molar-refractivity contribution >= 4 is 17.6 Å². The molecule has 1 aromatic heterocycles. The van der Waals surface area contributed by atoms with Gasteiger partial charge in [0.25, 0.3) is 5.91 Å². The minimum atomic E-state index is -4.38. The third-order valence-electron chi connectivity index (χ3n) is 5.61. The number of aliphatic carboxylic acids is 1. The maximum atomic E-state index is 12.8. The summed E-state index contributed by atoms with van der Waals surface area (Å²) in [6, 6.07) is 15.1. The van der Waals surface area contributed by atoms with Gasteiger partial charge in [0.15, 0.2) is 0 Å². The predicted octanol–water partition coefficient (Wildman–Crippen LogP) is 5.88. The number of hydrogen-bond donors (Lipinski definition) is 3. The number of pyridine rings is 1. The number of carbonyl (C=O) groups is 2. The number of hydrogen-bond acceptors (Lipinski definition) is 5. The third-order valence-corrected chi connectivity index (χ3v) is 5.61. The van der Waals surface area contributed by atoms with Crippen molar-refractivity contribution in [2.75, 3.05) is 18.5 Å². The highest BCUT2D eigenvalue weighted by Crippen LogP contribution is 2.31. The first-order chi connectivity index (χ1) is 18.0. The van der Waals surface area contributed by atoms with E-state index in [1.807, 2.05) is 0 Å². The second-order valence-electron chi connectivity index (χ2n) is 9.22. The number of anilines is 1. The van der Waals surface area contributed by atoms with Crippen LogP contribution in [0.15, 0.2) is 66.9 Å². The molecule has 3 aromatic rings. The van der Waals surface area contributed by atoms with Gasteiger partial charge in [-0.2, -0.15) is 13.2 Å². The number of halogens is 3. The second-order valence-corrected chi connectivity index (χ2v) is 9.22. The van der Waals surface area contributed by atoms with Crippen LogP contribution in [0.3, 0.4) is 0 Å². The molecule has 0 aliphatic rings. The van der Waals surface area contributed by atoms with Crippen molar-refractivity contribution in [3.05, 3.63) is 78.0 Å². The van der Waals surface area contributed by atoms with E-state index in [0.717, 1.165) is 24.2 Å². The summed E-state index contributed by atoms with van der Waals surface area (Å²) >= 11 is 0. The molecule has 10 heteroatoms. The van der Waals surface area contributed by atoms with Gasteiger partial charge in [-0.1, -0.05) is 26.0 Å². The number of rotatable bonds is 12. The summed E-state index contributed by atoms with van der Waals surface area (Å²) < 4.78 is 44.3. The number of aromatic nitrogens is 1. The van der Waals surface area contributed by atoms with Crippen molar-refractivity contribution in [3.63, 3.8) is 0 Å². The molecule has 2 aromatic carbocycles. The van der Waals surface area contributed by atoms with Gasteiger partial charge in [0.2, 0.25) is 5.88 Å². The maximum Gasteiger partial charge on any atom is 0.416 e. The fourth-order valence-electron chi connectivity index (χ4n) is 3.75. The number of nitrogens with one attached hydrogen (secondary N) is 2. The van der Waals surface area contributed by atoms with Gasteiger partial charge in [0, 0.05) is 35.6 Å². The van der Waals surface area contributed by atoms with Crippen LogP contribution in [0.4, 0.5) is 18.9 Å². The molecule has 0 aliphatic carbocycles. The van der Waals surface area contributed by atoms with Gasteiger partial charge in [0.1, 0.15) is 6.61 Å². The first-order valence-electron chi connectivity index (χ1n) is 12.1. The van der Waals surface area contributed by atoms with Crippen LogP contribution in [0.2, 0.25) is 0 Å².